The molecular weight excluding hydrogens is 382 g/mol. The van der Waals surface area contributed by atoms with Gasteiger partial charge in [-0.15, -0.1) is 11.3 Å². The molecule has 0 saturated heterocycles. The summed E-state index contributed by atoms with van der Waals surface area (Å²) in [7, 11) is 0. The molecule has 0 aliphatic heterocycles. The maximum atomic E-state index is 12.0. The summed E-state index contributed by atoms with van der Waals surface area (Å²) < 4.78 is 3.59. The molecule has 0 fully saturated rings. The molecular formula is C11H11Br2N3OS. The molecule has 0 spiro atoms. The minimum atomic E-state index is -0.130. The van der Waals surface area contributed by atoms with Crippen molar-refractivity contribution >= 4 is 54.8 Å². The van der Waals surface area contributed by atoms with E-state index in [1.807, 2.05) is 20.0 Å². The van der Waals surface area contributed by atoms with E-state index in [1.165, 1.54) is 11.3 Å². The van der Waals surface area contributed by atoms with Gasteiger partial charge in [-0.25, -0.2) is 0 Å². The number of nitrogens with zero attached hydrogens (tertiary/aromatic N) is 2. The van der Waals surface area contributed by atoms with Crippen LogP contribution in [0.15, 0.2) is 26.7 Å². The lowest BCUT2D eigenvalue weighted by Crippen LogP contribution is -2.09. The molecule has 0 bridgehead atoms. The zero-order valence-corrected chi connectivity index (χ0v) is 13.8. The van der Waals surface area contributed by atoms with Crippen molar-refractivity contribution in [2.24, 2.45) is 0 Å². The zero-order valence-electron chi connectivity index (χ0n) is 9.78. The van der Waals surface area contributed by atoms with Gasteiger partial charge in [-0.1, -0.05) is 0 Å². The quantitative estimate of drug-likeness (QED) is 0.846. The highest BCUT2D eigenvalue weighted by atomic mass is 79.9. The predicted molar refractivity (Wildman–Crippen MR) is 80.3 cm³/mol. The van der Waals surface area contributed by atoms with Gasteiger partial charge in [0, 0.05) is 16.7 Å². The van der Waals surface area contributed by atoms with E-state index < -0.39 is 0 Å². The van der Waals surface area contributed by atoms with Gasteiger partial charge in [0.15, 0.2) is 0 Å². The van der Waals surface area contributed by atoms with Crippen molar-refractivity contribution in [2.45, 2.75) is 19.9 Å². The standard InChI is InChI=1S/C11H11Br2N3OS/c1-6(2)16-5-7(4-14-16)15-11(17)9-3-8(12)10(13)18-9/h3-6H,1-2H3,(H,15,17). The molecule has 96 valence electrons. The first-order valence-electron chi connectivity index (χ1n) is 5.27. The van der Waals surface area contributed by atoms with Crippen LogP contribution < -0.4 is 5.32 Å². The first-order valence-corrected chi connectivity index (χ1v) is 7.68. The average Bonchev–Trinajstić information content (AvgIpc) is 2.87. The van der Waals surface area contributed by atoms with Crippen molar-refractivity contribution in [1.82, 2.24) is 9.78 Å². The van der Waals surface area contributed by atoms with Crippen molar-refractivity contribution in [3.05, 3.63) is 31.6 Å². The van der Waals surface area contributed by atoms with Gasteiger partial charge in [-0.2, -0.15) is 5.10 Å². The Bertz CT molecular complexity index is 557. The van der Waals surface area contributed by atoms with E-state index in [4.69, 9.17) is 0 Å². The van der Waals surface area contributed by atoms with Crippen LogP contribution in [0.2, 0.25) is 0 Å². The van der Waals surface area contributed by atoms with E-state index in [-0.39, 0.29) is 11.9 Å². The second-order valence-electron chi connectivity index (χ2n) is 3.99. The maximum Gasteiger partial charge on any atom is 0.265 e. The Kier molecular flexibility index (Phi) is 4.24. The second-order valence-corrected chi connectivity index (χ2v) is 7.21. The third kappa shape index (κ3) is 3.02. The number of rotatable bonds is 3. The van der Waals surface area contributed by atoms with Crippen molar-refractivity contribution in [3.8, 4) is 0 Å². The highest BCUT2D eigenvalue weighted by Gasteiger charge is 2.13. The molecule has 2 heterocycles. The SMILES string of the molecule is CC(C)n1cc(NC(=O)c2cc(Br)c(Br)s2)cn1. The van der Waals surface area contributed by atoms with Crippen LogP contribution in [0, 0.1) is 0 Å². The second kappa shape index (κ2) is 5.54. The first-order chi connectivity index (χ1) is 8.47. The van der Waals surface area contributed by atoms with Gasteiger partial charge in [0.2, 0.25) is 0 Å². The van der Waals surface area contributed by atoms with Crippen LogP contribution in [-0.2, 0) is 0 Å². The fourth-order valence-electron chi connectivity index (χ4n) is 1.34. The number of amides is 1. The summed E-state index contributed by atoms with van der Waals surface area (Å²) in [5.41, 5.74) is 0.703. The summed E-state index contributed by atoms with van der Waals surface area (Å²) in [5.74, 6) is -0.130. The monoisotopic (exact) mass is 391 g/mol. The Balaban J connectivity index is 2.11. The normalized spacial score (nSPS) is 10.9. The number of hydrogen-bond donors (Lipinski definition) is 1. The molecule has 1 N–H and O–H groups in total. The fourth-order valence-corrected chi connectivity index (χ4v) is 3.27. The van der Waals surface area contributed by atoms with Crippen LogP contribution in [0.25, 0.3) is 0 Å². The Labute approximate surface area is 126 Å². The number of thiophene rings is 1. The number of nitrogens with one attached hydrogen (secondary N) is 1. The Hall–Kier alpha value is -0.660. The number of halogens is 2. The molecule has 0 unspecified atom stereocenters. The molecule has 4 nitrogen and oxygen atoms in total. The Morgan fingerprint density at radius 1 is 1.50 bits per heavy atom. The number of carbonyl (C=O) groups excluding carboxylic acids is 1. The Morgan fingerprint density at radius 3 is 2.72 bits per heavy atom. The maximum absolute atomic E-state index is 12.0. The van der Waals surface area contributed by atoms with Crippen LogP contribution in [-0.4, -0.2) is 15.7 Å². The van der Waals surface area contributed by atoms with E-state index >= 15 is 0 Å². The summed E-state index contributed by atoms with van der Waals surface area (Å²) in [6, 6.07) is 2.07. The van der Waals surface area contributed by atoms with Crippen LogP contribution >= 0.6 is 43.2 Å². The minimum absolute atomic E-state index is 0.130. The number of anilines is 1. The van der Waals surface area contributed by atoms with Gasteiger partial charge in [0.05, 0.1) is 20.5 Å². The van der Waals surface area contributed by atoms with Crippen molar-refractivity contribution < 1.29 is 4.79 Å². The van der Waals surface area contributed by atoms with E-state index in [1.54, 1.807) is 16.9 Å². The zero-order chi connectivity index (χ0) is 13.3. The molecule has 18 heavy (non-hydrogen) atoms. The van der Waals surface area contributed by atoms with Gasteiger partial charge in [-0.05, 0) is 51.8 Å². The van der Waals surface area contributed by atoms with Gasteiger partial charge in [0.1, 0.15) is 0 Å². The molecule has 0 atom stereocenters. The lowest BCUT2D eigenvalue weighted by molar-refractivity contribution is 0.103. The largest absolute Gasteiger partial charge is 0.319 e. The molecule has 2 rings (SSSR count). The van der Waals surface area contributed by atoms with Gasteiger partial charge < -0.3 is 5.32 Å². The van der Waals surface area contributed by atoms with Crippen molar-refractivity contribution in [1.29, 1.82) is 0 Å². The lowest BCUT2D eigenvalue weighted by Gasteiger charge is -2.03. The van der Waals surface area contributed by atoms with E-state index in [0.717, 1.165) is 8.26 Å². The smallest absolute Gasteiger partial charge is 0.265 e. The summed E-state index contributed by atoms with van der Waals surface area (Å²) in [4.78, 5) is 12.6. The fraction of sp³-hybridized carbons (Fsp3) is 0.273. The van der Waals surface area contributed by atoms with Crippen LogP contribution in [0.1, 0.15) is 29.6 Å². The summed E-state index contributed by atoms with van der Waals surface area (Å²) >= 11 is 8.11. The highest BCUT2D eigenvalue weighted by molar-refractivity contribution is 9.13. The van der Waals surface area contributed by atoms with E-state index in [9.17, 15) is 4.79 Å². The number of carbonyl (C=O) groups is 1. The van der Waals surface area contributed by atoms with Crippen LogP contribution in [0.4, 0.5) is 5.69 Å². The van der Waals surface area contributed by atoms with Crippen molar-refractivity contribution in [3.63, 3.8) is 0 Å². The number of aromatic nitrogens is 2. The average molecular weight is 393 g/mol. The Morgan fingerprint density at radius 2 is 2.22 bits per heavy atom. The van der Waals surface area contributed by atoms with Crippen LogP contribution in [0.3, 0.4) is 0 Å². The molecule has 7 heteroatoms. The van der Waals surface area contributed by atoms with Gasteiger partial charge in [0.25, 0.3) is 5.91 Å². The van der Waals surface area contributed by atoms with E-state index in [0.29, 0.717) is 10.6 Å². The molecule has 2 aromatic rings. The highest BCUT2D eigenvalue weighted by Crippen LogP contribution is 2.32. The predicted octanol–water partition coefficient (Wildman–Crippen LogP) is 4.30. The molecule has 2 aromatic heterocycles. The topological polar surface area (TPSA) is 46.9 Å². The summed E-state index contributed by atoms with van der Waals surface area (Å²) in [6.45, 7) is 4.07. The van der Waals surface area contributed by atoms with Gasteiger partial charge in [-0.3, -0.25) is 9.48 Å². The summed E-state index contributed by atoms with van der Waals surface area (Å²) in [6.07, 6.45) is 3.47. The molecule has 0 aliphatic carbocycles. The molecule has 0 radical (unpaired) electrons. The third-order valence-corrected chi connectivity index (χ3v) is 5.51. The summed E-state index contributed by atoms with van der Waals surface area (Å²) in [5, 5.41) is 6.99. The molecule has 1 amide bonds. The lowest BCUT2D eigenvalue weighted by atomic mass is 10.4. The third-order valence-electron chi connectivity index (χ3n) is 2.26. The van der Waals surface area contributed by atoms with Gasteiger partial charge >= 0.3 is 0 Å². The minimum Gasteiger partial charge on any atom is -0.319 e. The van der Waals surface area contributed by atoms with Crippen molar-refractivity contribution in [2.75, 3.05) is 5.32 Å². The molecule has 0 aromatic carbocycles. The molecule has 0 saturated carbocycles. The van der Waals surface area contributed by atoms with Crippen LogP contribution in [0.5, 0.6) is 0 Å². The van der Waals surface area contributed by atoms with E-state index in [2.05, 4.69) is 42.3 Å². The number of hydrogen-bond acceptors (Lipinski definition) is 3. The molecule has 0 aliphatic rings. The first kappa shape index (κ1) is 13.8.